The molecule has 0 saturated heterocycles. The maximum atomic E-state index is 14.6. The van der Waals surface area contributed by atoms with E-state index in [1.807, 2.05) is 12.1 Å². The molecule has 0 spiro atoms. The number of hydrogen-bond acceptors (Lipinski definition) is 4. The predicted octanol–water partition coefficient (Wildman–Crippen LogP) is 3.17. The number of aromatic nitrogens is 1. The third-order valence-electron chi connectivity index (χ3n) is 4.96. The summed E-state index contributed by atoms with van der Waals surface area (Å²) in [6.45, 7) is 1.66. The summed E-state index contributed by atoms with van der Waals surface area (Å²) in [7, 11) is 0. The van der Waals surface area contributed by atoms with Crippen molar-refractivity contribution >= 4 is 5.91 Å². The minimum absolute atomic E-state index is 0.458. The summed E-state index contributed by atoms with van der Waals surface area (Å²) in [5, 5.41) is 8.68. The van der Waals surface area contributed by atoms with Gasteiger partial charge in [0.2, 0.25) is 5.67 Å². The second-order valence-electron chi connectivity index (χ2n) is 6.43. The molecule has 3 atom stereocenters. The zero-order valence-corrected chi connectivity index (χ0v) is 12.6. The van der Waals surface area contributed by atoms with Crippen LogP contribution in [-0.4, -0.2) is 21.8 Å². The lowest BCUT2D eigenvalue weighted by atomic mass is 10.0. The molecule has 2 fully saturated rings. The van der Waals surface area contributed by atoms with E-state index in [0.717, 1.165) is 29.9 Å². The molecule has 2 saturated carbocycles. The van der Waals surface area contributed by atoms with Gasteiger partial charge in [0.05, 0.1) is 6.20 Å². The minimum Gasteiger partial charge on any atom is -0.440 e. The first kappa shape index (κ1) is 14.4. The molecule has 1 aromatic heterocycles. The number of rotatable bonds is 4. The number of carbonyl (C=O) groups excluding carboxylic acids is 1. The van der Waals surface area contributed by atoms with Gasteiger partial charge in [-0.1, -0.05) is 31.2 Å². The lowest BCUT2D eigenvalue weighted by Gasteiger charge is -2.06. The second-order valence-corrected chi connectivity index (χ2v) is 6.43. The highest BCUT2D eigenvalue weighted by Gasteiger charge is 2.69. The van der Waals surface area contributed by atoms with Crippen molar-refractivity contribution in [3.63, 3.8) is 0 Å². The summed E-state index contributed by atoms with van der Waals surface area (Å²) in [5.41, 5.74) is 0.980. The first-order chi connectivity index (χ1) is 11.1. The average molecular weight is 316 g/mol. The summed E-state index contributed by atoms with van der Waals surface area (Å²) in [6, 6.07) is 7.27. The van der Waals surface area contributed by atoms with Gasteiger partial charge in [0.1, 0.15) is 0 Å². The van der Waals surface area contributed by atoms with Crippen LogP contribution in [0.25, 0.3) is 11.3 Å². The summed E-state index contributed by atoms with van der Waals surface area (Å²) in [6.07, 6.45) is 3.97. The number of nitrogens with zero attached hydrogens (tertiary/aromatic N) is 1. The van der Waals surface area contributed by atoms with Crippen LogP contribution in [0, 0.1) is 5.92 Å². The van der Waals surface area contributed by atoms with Gasteiger partial charge < -0.3 is 4.42 Å². The molecule has 2 aliphatic rings. The Morgan fingerprint density at radius 2 is 2.09 bits per heavy atom. The van der Waals surface area contributed by atoms with Crippen molar-refractivity contribution in [2.45, 2.75) is 37.3 Å². The Kier molecular flexibility index (Phi) is 3.06. The van der Waals surface area contributed by atoms with Crippen LogP contribution in [-0.2, 0) is 4.79 Å². The normalized spacial score (nSPS) is 29.3. The standard InChI is InChI=1S/C17H17FN2O3/c1-9-14(17(9,18)16(21)20-22)11-4-2-10(3-5-11)13-8-19-15(23-13)12-6-7-12/h2-5,8-9,12,14,22H,6-7H2,1H3,(H,20,21)/t9-,14+,17+/m1/s1. The lowest BCUT2D eigenvalue weighted by Crippen LogP contribution is -2.33. The molecule has 1 amide bonds. The Morgan fingerprint density at radius 1 is 1.39 bits per heavy atom. The van der Waals surface area contributed by atoms with Crippen molar-refractivity contribution < 1.29 is 18.8 Å². The molecule has 0 unspecified atom stereocenters. The van der Waals surface area contributed by atoms with E-state index >= 15 is 0 Å². The van der Waals surface area contributed by atoms with Crippen LogP contribution in [0.4, 0.5) is 4.39 Å². The van der Waals surface area contributed by atoms with Crippen LogP contribution in [0.15, 0.2) is 34.9 Å². The molecule has 2 aliphatic carbocycles. The van der Waals surface area contributed by atoms with Crippen molar-refractivity contribution in [2.75, 3.05) is 0 Å². The molecule has 1 heterocycles. The zero-order valence-electron chi connectivity index (χ0n) is 12.6. The quantitative estimate of drug-likeness (QED) is 0.671. The molecule has 120 valence electrons. The van der Waals surface area contributed by atoms with Gasteiger partial charge in [-0.15, -0.1) is 0 Å². The predicted molar refractivity (Wildman–Crippen MR) is 79.6 cm³/mol. The van der Waals surface area contributed by atoms with E-state index in [1.54, 1.807) is 25.3 Å². The summed E-state index contributed by atoms with van der Waals surface area (Å²) < 4.78 is 20.3. The molecular weight excluding hydrogens is 299 g/mol. The number of oxazole rings is 1. The van der Waals surface area contributed by atoms with Crippen LogP contribution in [0.1, 0.15) is 43.1 Å². The molecule has 2 N–H and O–H groups in total. The van der Waals surface area contributed by atoms with E-state index in [1.165, 1.54) is 5.48 Å². The van der Waals surface area contributed by atoms with Crippen LogP contribution in [0.3, 0.4) is 0 Å². The molecule has 2 aromatic rings. The largest absolute Gasteiger partial charge is 0.440 e. The van der Waals surface area contributed by atoms with E-state index in [0.29, 0.717) is 11.7 Å². The van der Waals surface area contributed by atoms with Gasteiger partial charge >= 0.3 is 0 Å². The van der Waals surface area contributed by atoms with Crippen LogP contribution >= 0.6 is 0 Å². The van der Waals surface area contributed by atoms with Gasteiger partial charge in [0.15, 0.2) is 11.7 Å². The molecule has 5 nitrogen and oxygen atoms in total. The van der Waals surface area contributed by atoms with Gasteiger partial charge in [-0.05, 0) is 18.4 Å². The maximum absolute atomic E-state index is 14.6. The minimum atomic E-state index is -2.04. The van der Waals surface area contributed by atoms with Gasteiger partial charge in [-0.2, -0.15) is 0 Å². The molecule has 4 rings (SSSR count). The number of halogens is 1. The van der Waals surface area contributed by atoms with Crippen molar-refractivity contribution in [2.24, 2.45) is 5.92 Å². The highest BCUT2D eigenvalue weighted by atomic mass is 19.1. The Labute approximate surface area is 132 Å². The summed E-state index contributed by atoms with van der Waals surface area (Å²) >= 11 is 0. The van der Waals surface area contributed by atoms with Gasteiger partial charge in [0, 0.05) is 23.3 Å². The van der Waals surface area contributed by atoms with E-state index in [-0.39, 0.29) is 0 Å². The Balaban J connectivity index is 1.55. The number of hydrogen-bond donors (Lipinski definition) is 2. The third-order valence-corrected chi connectivity index (χ3v) is 4.96. The fraction of sp³-hybridized carbons (Fsp3) is 0.412. The fourth-order valence-electron chi connectivity index (χ4n) is 3.28. The topological polar surface area (TPSA) is 75.4 Å². The van der Waals surface area contributed by atoms with E-state index < -0.39 is 23.4 Å². The number of nitrogens with one attached hydrogen (secondary N) is 1. The number of carbonyl (C=O) groups is 1. The Hall–Kier alpha value is -2.21. The fourth-order valence-corrected chi connectivity index (χ4v) is 3.28. The summed E-state index contributed by atoms with van der Waals surface area (Å²) in [4.78, 5) is 15.8. The van der Waals surface area contributed by atoms with Gasteiger partial charge in [0.25, 0.3) is 5.91 Å². The highest BCUT2D eigenvalue weighted by Crippen LogP contribution is 2.60. The molecule has 0 radical (unpaired) electrons. The number of alkyl halides is 1. The highest BCUT2D eigenvalue weighted by molar-refractivity contribution is 5.90. The first-order valence-electron chi connectivity index (χ1n) is 7.75. The van der Waals surface area contributed by atoms with E-state index in [4.69, 9.17) is 9.62 Å². The van der Waals surface area contributed by atoms with Gasteiger partial charge in [-0.25, -0.2) is 14.9 Å². The molecule has 0 bridgehead atoms. The molecule has 23 heavy (non-hydrogen) atoms. The van der Waals surface area contributed by atoms with Crippen molar-refractivity contribution in [1.82, 2.24) is 10.5 Å². The SMILES string of the molecule is C[C@@H]1[C@@H](c2ccc(-c3cnc(C4CC4)o3)cc2)[C@]1(F)C(=O)NO. The third kappa shape index (κ3) is 2.16. The average Bonchev–Trinajstić information content (AvgIpc) is 3.45. The Bertz CT molecular complexity index is 753. The first-order valence-corrected chi connectivity index (χ1v) is 7.75. The lowest BCUT2D eigenvalue weighted by molar-refractivity contribution is -0.136. The number of amides is 1. The second kappa shape index (κ2) is 4.89. The molecule has 0 aliphatic heterocycles. The number of benzene rings is 1. The van der Waals surface area contributed by atoms with Gasteiger partial charge in [-0.3, -0.25) is 10.0 Å². The van der Waals surface area contributed by atoms with Crippen molar-refractivity contribution in [3.05, 3.63) is 41.9 Å². The smallest absolute Gasteiger partial charge is 0.281 e. The Morgan fingerprint density at radius 3 is 2.70 bits per heavy atom. The molecule has 1 aromatic carbocycles. The van der Waals surface area contributed by atoms with Crippen molar-refractivity contribution in [3.8, 4) is 11.3 Å². The molecule has 6 heteroatoms. The van der Waals surface area contributed by atoms with Crippen LogP contribution < -0.4 is 5.48 Å². The van der Waals surface area contributed by atoms with E-state index in [2.05, 4.69) is 4.98 Å². The monoisotopic (exact) mass is 316 g/mol. The zero-order chi connectivity index (χ0) is 16.2. The van der Waals surface area contributed by atoms with Crippen LogP contribution in [0.5, 0.6) is 0 Å². The van der Waals surface area contributed by atoms with Crippen molar-refractivity contribution in [1.29, 1.82) is 0 Å². The van der Waals surface area contributed by atoms with Crippen LogP contribution in [0.2, 0.25) is 0 Å². The number of hydroxylamine groups is 1. The summed E-state index contributed by atoms with van der Waals surface area (Å²) in [5.74, 6) is -0.0558. The molecular formula is C17H17FN2O3. The maximum Gasteiger partial charge on any atom is 0.281 e. The van der Waals surface area contributed by atoms with E-state index in [9.17, 15) is 9.18 Å².